The van der Waals surface area contributed by atoms with Crippen molar-refractivity contribution in [3.63, 3.8) is 0 Å². The molecule has 19 heavy (non-hydrogen) atoms. The molecular formula is C16H17N3. The lowest BCUT2D eigenvalue weighted by atomic mass is 10.1. The predicted molar refractivity (Wildman–Crippen MR) is 77.9 cm³/mol. The lowest BCUT2D eigenvalue weighted by Crippen LogP contribution is -2.17. The van der Waals surface area contributed by atoms with Crippen LogP contribution in [0.3, 0.4) is 0 Å². The second kappa shape index (κ2) is 5.67. The minimum Gasteiger partial charge on any atom is -0.364 e. The molecule has 0 spiro atoms. The number of hydrogen-bond acceptors (Lipinski definition) is 2. The Labute approximate surface area is 112 Å². The van der Waals surface area contributed by atoms with Crippen molar-refractivity contribution in [1.29, 1.82) is 0 Å². The smallest absolute Gasteiger partial charge is 0.0734 e. The van der Waals surface area contributed by atoms with Crippen molar-refractivity contribution in [2.24, 2.45) is 0 Å². The van der Waals surface area contributed by atoms with E-state index >= 15 is 0 Å². The zero-order chi connectivity index (χ0) is 12.9. The number of hydrogen-bond donors (Lipinski definition) is 2. The Kier molecular flexibility index (Phi) is 3.56. The summed E-state index contributed by atoms with van der Waals surface area (Å²) in [5, 5.41) is 4.65. The molecule has 0 amide bonds. The maximum atomic E-state index is 4.48. The number of H-pyrrole nitrogens is 1. The number of fused-ring (bicyclic) bond motifs is 1. The van der Waals surface area contributed by atoms with Crippen molar-refractivity contribution in [3.8, 4) is 0 Å². The van der Waals surface area contributed by atoms with E-state index in [0.29, 0.717) is 0 Å². The molecule has 0 atom stereocenters. The molecule has 1 aromatic carbocycles. The maximum absolute atomic E-state index is 4.48. The molecular weight excluding hydrogens is 234 g/mol. The summed E-state index contributed by atoms with van der Waals surface area (Å²) in [7, 11) is 0. The number of pyridine rings is 1. The standard InChI is InChI=1S/C16H17N3/c1-4-13-6-2-10-19-16(13)14(5-1)8-11-17-12-15-7-3-9-18-15/h1-7,9-10,17-18H,8,11-12H2. The average Bonchev–Trinajstić information content (AvgIpc) is 2.97. The molecule has 0 aliphatic rings. The van der Waals surface area contributed by atoms with E-state index in [2.05, 4.69) is 45.6 Å². The molecule has 96 valence electrons. The highest BCUT2D eigenvalue weighted by Gasteiger charge is 2.01. The van der Waals surface area contributed by atoms with Gasteiger partial charge < -0.3 is 10.3 Å². The van der Waals surface area contributed by atoms with E-state index in [0.717, 1.165) is 25.0 Å². The molecule has 2 aromatic heterocycles. The van der Waals surface area contributed by atoms with Gasteiger partial charge in [-0.3, -0.25) is 4.98 Å². The largest absolute Gasteiger partial charge is 0.364 e. The highest BCUT2D eigenvalue weighted by atomic mass is 14.9. The first-order valence-corrected chi connectivity index (χ1v) is 6.59. The Bertz CT molecular complexity index is 639. The van der Waals surface area contributed by atoms with Crippen LogP contribution in [0.15, 0.2) is 54.9 Å². The van der Waals surface area contributed by atoms with E-state index in [1.54, 1.807) is 0 Å². The van der Waals surface area contributed by atoms with Gasteiger partial charge in [0.2, 0.25) is 0 Å². The van der Waals surface area contributed by atoms with Crippen LogP contribution in [0.5, 0.6) is 0 Å². The van der Waals surface area contributed by atoms with Crippen LogP contribution in [0.2, 0.25) is 0 Å². The summed E-state index contributed by atoms with van der Waals surface area (Å²) in [5.74, 6) is 0. The molecule has 0 radical (unpaired) electrons. The Balaban J connectivity index is 1.62. The van der Waals surface area contributed by atoms with E-state index in [9.17, 15) is 0 Å². The molecule has 0 bridgehead atoms. The minimum absolute atomic E-state index is 0.880. The van der Waals surface area contributed by atoms with Crippen LogP contribution in [0.4, 0.5) is 0 Å². The molecule has 3 nitrogen and oxygen atoms in total. The molecule has 3 rings (SSSR count). The van der Waals surface area contributed by atoms with Crippen LogP contribution >= 0.6 is 0 Å². The highest BCUT2D eigenvalue weighted by Crippen LogP contribution is 2.15. The van der Waals surface area contributed by atoms with E-state index in [-0.39, 0.29) is 0 Å². The van der Waals surface area contributed by atoms with Gasteiger partial charge in [-0.25, -0.2) is 0 Å². The molecule has 2 heterocycles. The Morgan fingerprint density at radius 2 is 2.00 bits per heavy atom. The second-order valence-corrected chi connectivity index (χ2v) is 4.61. The van der Waals surface area contributed by atoms with E-state index in [1.807, 2.05) is 24.5 Å². The number of benzene rings is 1. The molecule has 0 aliphatic carbocycles. The molecule has 0 saturated heterocycles. The van der Waals surface area contributed by atoms with Crippen LogP contribution < -0.4 is 5.32 Å². The number of rotatable bonds is 5. The van der Waals surface area contributed by atoms with Gasteiger partial charge in [-0.05, 0) is 36.7 Å². The van der Waals surface area contributed by atoms with E-state index in [1.165, 1.54) is 16.6 Å². The Morgan fingerprint density at radius 1 is 1.05 bits per heavy atom. The van der Waals surface area contributed by atoms with Gasteiger partial charge in [-0.15, -0.1) is 0 Å². The van der Waals surface area contributed by atoms with Crippen LogP contribution in [0.1, 0.15) is 11.3 Å². The molecule has 3 aromatic rings. The summed E-state index contributed by atoms with van der Waals surface area (Å²) < 4.78 is 0. The third-order valence-electron chi connectivity index (χ3n) is 3.27. The van der Waals surface area contributed by atoms with Crippen molar-refractivity contribution < 1.29 is 0 Å². The summed E-state index contributed by atoms with van der Waals surface area (Å²) in [6.07, 6.45) is 4.80. The fourth-order valence-electron chi connectivity index (χ4n) is 2.29. The monoisotopic (exact) mass is 251 g/mol. The van der Waals surface area contributed by atoms with Crippen LogP contribution in [-0.4, -0.2) is 16.5 Å². The Hall–Kier alpha value is -2.13. The van der Waals surface area contributed by atoms with Crippen molar-refractivity contribution in [2.75, 3.05) is 6.54 Å². The quantitative estimate of drug-likeness (QED) is 0.685. The van der Waals surface area contributed by atoms with Crippen LogP contribution in [-0.2, 0) is 13.0 Å². The molecule has 2 N–H and O–H groups in total. The summed E-state index contributed by atoms with van der Waals surface area (Å²) in [4.78, 5) is 7.67. The number of aromatic nitrogens is 2. The lowest BCUT2D eigenvalue weighted by molar-refractivity contribution is 0.678. The third-order valence-corrected chi connectivity index (χ3v) is 3.27. The molecule has 0 fully saturated rings. The van der Waals surface area contributed by atoms with Gasteiger partial charge in [0.25, 0.3) is 0 Å². The van der Waals surface area contributed by atoms with Gasteiger partial charge >= 0.3 is 0 Å². The van der Waals surface area contributed by atoms with Crippen LogP contribution in [0, 0.1) is 0 Å². The van der Waals surface area contributed by atoms with Gasteiger partial charge in [0.15, 0.2) is 0 Å². The topological polar surface area (TPSA) is 40.7 Å². The van der Waals surface area contributed by atoms with Gasteiger partial charge in [-0.1, -0.05) is 24.3 Å². The molecule has 0 aliphatic heterocycles. The van der Waals surface area contributed by atoms with Crippen molar-refractivity contribution in [1.82, 2.24) is 15.3 Å². The van der Waals surface area contributed by atoms with E-state index < -0.39 is 0 Å². The summed E-state index contributed by atoms with van der Waals surface area (Å²) in [5.41, 5.74) is 3.64. The normalized spacial score (nSPS) is 10.9. The summed E-state index contributed by atoms with van der Waals surface area (Å²) in [6, 6.07) is 14.6. The minimum atomic E-state index is 0.880. The molecule has 0 unspecified atom stereocenters. The zero-order valence-electron chi connectivity index (χ0n) is 10.8. The number of nitrogens with one attached hydrogen (secondary N) is 2. The Morgan fingerprint density at radius 3 is 2.89 bits per heavy atom. The summed E-state index contributed by atoms with van der Waals surface area (Å²) >= 11 is 0. The fourth-order valence-corrected chi connectivity index (χ4v) is 2.29. The number of aromatic amines is 1. The highest BCUT2D eigenvalue weighted by molar-refractivity contribution is 5.81. The van der Waals surface area contributed by atoms with E-state index in [4.69, 9.17) is 0 Å². The maximum Gasteiger partial charge on any atom is 0.0734 e. The first-order chi connectivity index (χ1) is 9.43. The SMILES string of the molecule is c1c[nH]c(CNCCc2cccc3cccnc23)c1. The van der Waals surface area contributed by atoms with Gasteiger partial charge in [0.1, 0.15) is 0 Å². The van der Waals surface area contributed by atoms with Gasteiger partial charge in [0.05, 0.1) is 5.52 Å². The zero-order valence-corrected chi connectivity index (χ0v) is 10.8. The third kappa shape index (κ3) is 2.83. The van der Waals surface area contributed by atoms with Gasteiger partial charge in [0, 0.05) is 30.0 Å². The summed E-state index contributed by atoms with van der Waals surface area (Å²) in [6.45, 7) is 1.83. The average molecular weight is 251 g/mol. The fraction of sp³-hybridized carbons (Fsp3) is 0.188. The predicted octanol–water partition coefficient (Wildman–Crippen LogP) is 2.90. The van der Waals surface area contributed by atoms with Crippen molar-refractivity contribution in [2.45, 2.75) is 13.0 Å². The van der Waals surface area contributed by atoms with Crippen molar-refractivity contribution in [3.05, 3.63) is 66.1 Å². The van der Waals surface area contributed by atoms with Crippen LogP contribution in [0.25, 0.3) is 10.9 Å². The van der Waals surface area contributed by atoms with Gasteiger partial charge in [-0.2, -0.15) is 0 Å². The second-order valence-electron chi connectivity index (χ2n) is 4.61. The molecule has 0 saturated carbocycles. The van der Waals surface area contributed by atoms with Crippen molar-refractivity contribution >= 4 is 10.9 Å². The number of para-hydroxylation sites is 1. The molecule has 3 heteroatoms. The first kappa shape index (κ1) is 11.9. The first-order valence-electron chi connectivity index (χ1n) is 6.59. The lowest BCUT2D eigenvalue weighted by Gasteiger charge is -2.06. The number of nitrogens with zero attached hydrogens (tertiary/aromatic N) is 1.